The van der Waals surface area contributed by atoms with Crippen LogP contribution in [0.5, 0.6) is 0 Å². The molecule has 0 fully saturated rings. The minimum Gasteiger partial charge on any atom is -0.459 e. The molecular formula is C6H5ClN2O3. The number of carbonyl (C=O) groups is 1. The van der Waals surface area contributed by atoms with Gasteiger partial charge in [-0.1, -0.05) is 11.6 Å². The van der Waals surface area contributed by atoms with Gasteiger partial charge in [-0.15, -0.1) is 0 Å². The molecule has 0 spiro atoms. The number of H-pyrrole nitrogens is 1. The molecular weight excluding hydrogens is 184 g/mol. The average molecular weight is 189 g/mol. The van der Waals surface area contributed by atoms with Crippen molar-refractivity contribution in [3.63, 3.8) is 0 Å². The molecule has 12 heavy (non-hydrogen) atoms. The van der Waals surface area contributed by atoms with E-state index in [1.54, 1.807) is 0 Å². The van der Waals surface area contributed by atoms with Crippen molar-refractivity contribution in [2.75, 3.05) is 6.61 Å². The Balaban J connectivity index is 2.69. The fourth-order valence-corrected chi connectivity index (χ4v) is 1.34. The molecule has 2 rings (SSSR count). The van der Waals surface area contributed by atoms with Crippen molar-refractivity contribution in [1.82, 2.24) is 9.78 Å². The summed E-state index contributed by atoms with van der Waals surface area (Å²) < 4.78 is 6.09. The van der Waals surface area contributed by atoms with Gasteiger partial charge in [0.15, 0.2) is 5.69 Å². The highest BCUT2D eigenvalue weighted by molar-refractivity contribution is 6.33. The van der Waals surface area contributed by atoms with Gasteiger partial charge in [-0.05, 0) is 0 Å². The van der Waals surface area contributed by atoms with Gasteiger partial charge in [0.2, 0.25) is 0 Å². The maximum absolute atomic E-state index is 11.0. The first kappa shape index (κ1) is 7.42. The van der Waals surface area contributed by atoms with Crippen molar-refractivity contribution in [2.45, 2.75) is 6.54 Å². The summed E-state index contributed by atoms with van der Waals surface area (Å²) in [5, 5.41) is 2.33. The Hall–Kier alpha value is -1.23. The van der Waals surface area contributed by atoms with Gasteiger partial charge >= 0.3 is 5.97 Å². The summed E-state index contributed by atoms with van der Waals surface area (Å²) in [5.74, 6) is -0.551. The molecule has 0 saturated heterocycles. The molecule has 0 unspecified atom stereocenters. The summed E-state index contributed by atoms with van der Waals surface area (Å²) in [5.41, 5.74) is -0.335. The van der Waals surface area contributed by atoms with Crippen molar-refractivity contribution in [3.8, 4) is 0 Å². The lowest BCUT2D eigenvalue weighted by Crippen LogP contribution is -2.23. The fraction of sp³-hybridized carbons (Fsp3) is 0.333. The second-order valence-corrected chi connectivity index (χ2v) is 2.77. The van der Waals surface area contributed by atoms with Crippen LogP contribution < -0.4 is 5.56 Å². The summed E-state index contributed by atoms with van der Waals surface area (Å²) in [6.07, 6.45) is 0. The minimum atomic E-state index is -0.551. The lowest BCUT2D eigenvalue weighted by molar-refractivity contribution is 0.0411. The van der Waals surface area contributed by atoms with Crippen molar-refractivity contribution in [1.29, 1.82) is 0 Å². The number of cyclic esters (lactones) is 1. The molecule has 1 aromatic rings. The molecule has 1 aromatic heterocycles. The maximum Gasteiger partial charge on any atom is 0.358 e. The zero-order valence-electron chi connectivity index (χ0n) is 5.96. The van der Waals surface area contributed by atoms with Crippen LogP contribution in [0.25, 0.3) is 0 Å². The highest BCUT2D eigenvalue weighted by Gasteiger charge is 2.24. The summed E-state index contributed by atoms with van der Waals surface area (Å²) in [6.45, 7) is 0.718. The summed E-state index contributed by atoms with van der Waals surface area (Å²) >= 11 is 5.56. The van der Waals surface area contributed by atoms with E-state index in [0.717, 1.165) is 0 Å². The average Bonchev–Trinajstić information content (AvgIpc) is 2.29. The Morgan fingerprint density at radius 2 is 2.25 bits per heavy atom. The number of rotatable bonds is 0. The van der Waals surface area contributed by atoms with Crippen LogP contribution in [0.2, 0.25) is 5.02 Å². The molecule has 1 aliphatic rings. The second-order valence-electron chi connectivity index (χ2n) is 2.39. The van der Waals surface area contributed by atoms with E-state index in [-0.39, 0.29) is 17.3 Å². The van der Waals surface area contributed by atoms with Crippen molar-refractivity contribution < 1.29 is 9.53 Å². The number of carbonyl (C=O) groups excluding carboxylic acids is 1. The van der Waals surface area contributed by atoms with E-state index < -0.39 is 11.5 Å². The Labute approximate surface area is 71.9 Å². The molecule has 0 aromatic carbocycles. The van der Waals surface area contributed by atoms with Crippen LogP contribution in [0.15, 0.2) is 4.79 Å². The number of fused-ring (bicyclic) bond motifs is 1. The highest BCUT2D eigenvalue weighted by atomic mass is 35.5. The highest BCUT2D eigenvalue weighted by Crippen LogP contribution is 2.14. The predicted octanol–water partition coefficient (Wildman–Crippen LogP) is 0.000200. The van der Waals surface area contributed by atoms with Gasteiger partial charge in [-0.25, -0.2) is 4.79 Å². The Morgan fingerprint density at radius 1 is 1.50 bits per heavy atom. The number of hydrogen-bond donors (Lipinski definition) is 1. The maximum atomic E-state index is 11.0. The number of hydrogen-bond acceptors (Lipinski definition) is 3. The standard InChI is InChI=1S/C6H5ClN2O3/c7-3-4-6(11)12-2-1-9(4)8-5(3)10/h1-2H2,(H,8,10). The molecule has 1 N–H and O–H groups in total. The quantitative estimate of drug-likeness (QED) is 0.583. The summed E-state index contributed by atoms with van der Waals surface area (Å²) in [6, 6.07) is 0. The van der Waals surface area contributed by atoms with Gasteiger partial charge < -0.3 is 4.74 Å². The van der Waals surface area contributed by atoms with Gasteiger partial charge in [-0.2, -0.15) is 0 Å². The third kappa shape index (κ3) is 0.863. The fourth-order valence-electron chi connectivity index (χ4n) is 1.12. The molecule has 0 amide bonds. The van der Waals surface area contributed by atoms with Crippen LogP contribution in [0.1, 0.15) is 10.5 Å². The molecule has 64 valence electrons. The number of nitrogens with one attached hydrogen (secondary N) is 1. The Bertz CT molecular complexity index is 392. The molecule has 5 nitrogen and oxygen atoms in total. The van der Waals surface area contributed by atoms with Crippen LogP contribution in [0, 0.1) is 0 Å². The third-order valence-corrected chi connectivity index (χ3v) is 2.01. The first-order valence-electron chi connectivity index (χ1n) is 3.35. The van der Waals surface area contributed by atoms with Gasteiger partial charge in [0.1, 0.15) is 11.6 Å². The Morgan fingerprint density at radius 3 is 2.92 bits per heavy atom. The molecule has 2 heterocycles. The van der Waals surface area contributed by atoms with Crippen molar-refractivity contribution >= 4 is 17.6 Å². The van der Waals surface area contributed by atoms with Crippen LogP contribution in [0.4, 0.5) is 0 Å². The second kappa shape index (κ2) is 2.38. The summed E-state index contributed by atoms with van der Waals surface area (Å²) in [7, 11) is 0. The number of aromatic nitrogens is 2. The SMILES string of the molecule is O=C1OCCn2[nH]c(=O)c(Cl)c21. The van der Waals surface area contributed by atoms with Gasteiger partial charge in [0, 0.05) is 0 Å². The number of nitrogens with zero attached hydrogens (tertiary/aromatic N) is 1. The van der Waals surface area contributed by atoms with E-state index in [4.69, 9.17) is 16.3 Å². The van der Waals surface area contributed by atoms with Crippen LogP contribution in [-0.4, -0.2) is 22.4 Å². The normalized spacial score (nSPS) is 15.6. The van der Waals surface area contributed by atoms with Crippen LogP contribution >= 0.6 is 11.6 Å². The van der Waals surface area contributed by atoms with Crippen molar-refractivity contribution in [3.05, 3.63) is 21.1 Å². The van der Waals surface area contributed by atoms with E-state index in [0.29, 0.717) is 6.54 Å². The van der Waals surface area contributed by atoms with Crippen molar-refractivity contribution in [2.24, 2.45) is 0 Å². The zero-order valence-corrected chi connectivity index (χ0v) is 6.72. The van der Waals surface area contributed by atoms with Gasteiger partial charge in [0.25, 0.3) is 5.56 Å². The van der Waals surface area contributed by atoms with Gasteiger partial charge in [0.05, 0.1) is 6.54 Å². The first-order valence-corrected chi connectivity index (χ1v) is 3.73. The first-order chi connectivity index (χ1) is 5.70. The molecule has 0 aliphatic carbocycles. The van der Waals surface area contributed by atoms with Crippen LogP contribution in [0.3, 0.4) is 0 Å². The molecule has 6 heteroatoms. The zero-order chi connectivity index (χ0) is 8.72. The smallest absolute Gasteiger partial charge is 0.358 e. The number of ether oxygens (including phenoxy) is 1. The topological polar surface area (TPSA) is 64.1 Å². The van der Waals surface area contributed by atoms with E-state index in [1.165, 1.54) is 4.68 Å². The van der Waals surface area contributed by atoms with E-state index in [9.17, 15) is 9.59 Å². The lowest BCUT2D eigenvalue weighted by Gasteiger charge is -2.13. The van der Waals surface area contributed by atoms with E-state index >= 15 is 0 Å². The van der Waals surface area contributed by atoms with Crippen LogP contribution in [-0.2, 0) is 11.3 Å². The molecule has 0 bridgehead atoms. The number of halogens is 1. The molecule has 0 saturated carbocycles. The summed E-state index contributed by atoms with van der Waals surface area (Å²) in [4.78, 5) is 22.0. The monoisotopic (exact) mass is 188 g/mol. The number of aromatic amines is 1. The largest absolute Gasteiger partial charge is 0.459 e. The predicted molar refractivity (Wildman–Crippen MR) is 40.3 cm³/mol. The van der Waals surface area contributed by atoms with E-state index in [1.807, 2.05) is 0 Å². The van der Waals surface area contributed by atoms with E-state index in [2.05, 4.69) is 5.10 Å². The number of esters is 1. The van der Waals surface area contributed by atoms with Gasteiger partial charge in [-0.3, -0.25) is 14.6 Å². The third-order valence-electron chi connectivity index (χ3n) is 1.66. The Kier molecular flexibility index (Phi) is 1.47. The minimum absolute atomic E-state index is 0.0975. The molecule has 1 aliphatic heterocycles. The molecule has 0 atom stereocenters. The lowest BCUT2D eigenvalue weighted by atomic mass is 10.4. The molecule has 0 radical (unpaired) electrons.